The highest BCUT2D eigenvalue weighted by atomic mass is 35.5. The summed E-state index contributed by atoms with van der Waals surface area (Å²) in [7, 11) is 0. The second-order valence-electron chi connectivity index (χ2n) is 10.0. The molecule has 2 saturated heterocycles. The predicted molar refractivity (Wildman–Crippen MR) is 152 cm³/mol. The third-order valence-corrected chi connectivity index (χ3v) is 7.97. The van der Waals surface area contributed by atoms with Crippen LogP contribution in [0.1, 0.15) is 35.7 Å². The van der Waals surface area contributed by atoms with Crippen LogP contribution in [-0.4, -0.2) is 65.5 Å². The summed E-state index contributed by atoms with van der Waals surface area (Å²) in [6.07, 6.45) is 4.06. The highest BCUT2D eigenvalue weighted by molar-refractivity contribution is 6.33. The number of carbonyl (C=O) groups excluding carboxylic acids is 1. The predicted octanol–water partition coefficient (Wildman–Crippen LogP) is 5.82. The molecule has 1 atom stereocenters. The minimum Gasteiger partial charge on any atom is -0.353 e. The van der Waals surface area contributed by atoms with Gasteiger partial charge in [-0.2, -0.15) is 0 Å². The Bertz CT molecular complexity index is 1200. The summed E-state index contributed by atoms with van der Waals surface area (Å²) in [6.45, 7) is 8.28. The van der Waals surface area contributed by atoms with Crippen molar-refractivity contribution in [2.75, 3.05) is 42.9 Å². The maximum atomic E-state index is 12.5. The number of nitrogens with zero attached hydrogens (tertiary/aromatic N) is 4. The van der Waals surface area contributed by atoms with Gasteiger partial charge in [-0.15, -0.1) is 0 Å². The maximum absolute atomic E-state index is 12.5. The number of benzene rings is 2. The summed E-state index contributed by atoms with van der Waals surface area (Å²) in [4.78, 5) is 24.6. The van der Waals surface area contributed by atoms with Crippen molar-refractivity contribution in [3.05, 3.63) is 88.0 Å². The van der Waals surface area contributed by atoms with E-state index < -0.39 is 0 Å². The van der Waals surface area contributed by atoms with Crippen LogP contribution in [0.2, 0.25) is 10.0 Å². The van der Waals surface area contributed by atoms with Gasteiger partial charge >= 0.3 is 0 Å². The molecule has 2 fully saturated rings. The van der Waals surface area contributed by atoms with E-state index in [1.165, 1.54) is 18.4 Å². The van der Waals surface area contributed by atoms with Crippen LogP contribution >= 0.6 is 23.2 Å². The molecule has 0 aliphatic carbocycles. The number of likely N-dealkylation sites (tertiary alicyclic amines) is 1. The van der Waals surface area contributed by atoms with Crippen LogP contribution in [-0.2, 0) is 6.54 Å². The molecule has 1 amide bonds. The lowest BCUT2D eigenvalue weighted by molar-refractivity contribution is 0.0690. The average Bonchev–Trinajstić information content (AvgIpc) is 2.91. The van der Waals surface area contributed by atoms with Crippen molar-refractivity contribution < 1.29 is 4.79 Å². The van der Waals surface area contributed by atoms with Gasteiger partial charge in [0, 0.05) is 48.8 Å². The van der Waals surface area contributed by atoms with Crippen LogP contribution in [0.15, 0.2) is 66.9 Å². The fourth-order valence-corrected chi connectivity index (χ4v) is 5.90. The van der Waals surface area contributed by atoms with Gasteiger partial charge < -0.3 is 10.2 Å². The topological polar surface area (TPSA) is 51.7 Å². The lowest BCUT2D eigenvalue weighted by Crippen LogP contribution is -2.57. The summed E-state index contributed by atoms with van der Waals surface area (Å²) in [5.41, 5.74) is 2.52. The molecule has 3 aromatic rings. The smallest absolute Gasteiger partial charge is 0.255 e. The molecule has 2 aromatic carbocycles. The van der Waals surface area contributed by atoms with E-state index in [-0.39, 0.29) is 5.91 Å². The fourth-order valence-electron chi connectivity index (χ4n) is 5.49. The van der Waals surface area contributed by atoms with Crippen LogP contribution in [0, 0.1) is 0 Å². The first-order valence-electron chi connectivity index (χ1n) is 13.0. The summed E-state index contributed by atoms with van der Waals surface area (Å²) in [6, 6.07) is 20.1. The van der Waals surface area contributed by atoms with Crippen LogP contribution in [0.4, 0.5) is 11.5 Å². The van der Waals surface area contributed by atoms with E-state index in [2.05, 4.69) is 44.1 Å². The first-order chi connectivity index (χ1) is 18.0. The quantitative estimate of drug-likeness (QED) is 0.429. The van der Waals surface area contributed by atoms with Gasteiger partial charge in [0.25, 0.3) is 5.91 Å². The van der Waals surface area contributed by atoms with Crippen LogP contribution < -0.4 is 10.2 Å². The molecule has 2 aliphatic heterocycles. The number of rotatable bonds is 6. The highest BCUT2D eigenvalue weighted by Gasteiger charge is 2.32. The van der Waals surface area contributed by atoms with Gasteiger partial charge in [-0.25, -0.2) is 4.98 Å². The second kappa shape index (κ2) is 11.8. The van der Waals surface area contributed by atoms with Gasteiger partial charge in [0.2, 0.25) is 0 Å². The van der Waals surface area contributed by atoms with Gasteiger partial charge in [-0.05, 0) is 68.8 Å². The number of aromatic nitrogens is 1. The summed E-state index contributed by atoms with van der Waals surface area (Å²) >= 11 is 12.7. The molecule has 37 heavy (non-hydrogen) atoms. The monoisotopic (exact) mass is 537 g/mol. The van der Waals surface area contributed by atoms with Gasteiger partial charge in [0.15, 0.2) is 0 Å². The first kappa shape index (κ1) is 26.0. The standard InChI is InChI=1S/C29H33Cl2N5O/c1-21-19-35(28-27(31)17-25(18-32-28)33-29(37)23-5-3-2-4-6-23)15-16-36(21)26-11-13-34(14-12-26)20-22-7-9-24(30)10-8-22/h2-10,17-18,21,26H,11-16,19-20H2,1H3,(H,33,37)/t21-/m0/s1. The van der Waals surface area contributed by atoms with Gasteiger partial charge in [-0.1, -0.05) is 53.5 Å². The number of nitrogens with one attached hydrogen (secondary N) is 1. The summed E-state index contributed by atoms with van der Waals surface area (Å²) in [5, 5.41) is 4.23. The second-order valence-corrected chi connectivity index (χ2v) is 10.9. The van der Waals surface area contributed by atoms with Crippen molar-refractivity contribution in [2.24, 2.45) is 0 Å². The van der Waals surface area contributed by atoms with E-state index in [1.807, 2.05) is 30.3 Å². The lowest BCUT2D eigenvalue weighted by atomic mass is 9.99. The third-order valence-electron chi connectivity index (χ3n) is 7.44. The molecule has 1 aromatic heterocycles. The Morgan fingerprint density at radius 3 is 2.41 bits per heavy atom. The Balaban J connectivity index is 1.13. The minimum atomic E-state index is -0.173. The zero-order chi connectivity index (χ0) is 25.8. The number of anilines is 2. The van der Waals surface area contributed by atoms with E-state index in [0.717, 1.165) is 50.1 Å². The lowest BCUT2D eigenvalue weighted by Gasteiger charge is -2.47. The van der Waals surface area contributed by atoms with E-state index in [1.54, 1.807) is 24.4 Å². The molecule has 1 N–H and O–H groups in total. The largest absolute Gasteiger partial charge is 0.353 e. The van der Waals surface area contributed by atoms with Crippen molar-refractivity contribution in [3.63, 3.8) is 0 Å². The molecule has 2 aliphatic rings. The number of halogens is 2. The molecular weight excluding hydrogens is 505 g/mol. The van der Waals surface area contributed by atoms with Gasteiger partial charge in [0.05, 0.1) is 16.9 Å². The number of piperidine rings is 1. The third kappa shape index (κ3) is 6.44. The molecule has 3 heterocycles. The normalized spacial score (nSPS) is 19.6. The maximum Gasteiger partial charge on any atom is 0.255 e. The highest BCUT2D eigenvalue weighted by Crippen LogP contribution is 2.30. The Kier molecular flexibility index (Phi) is 8.30. The Morgan fingerprint density at radius 1 is 1.00 bits per heavy atom. The number of carbonyl (C=O) groups is 1. The molecule has 0 radical (unpaired) electrons. The van der Waals surface area contributed by atoms with Crippen molar-refractivity contribution in [1.29, 1.82) is 0 Å². The van der Waals surface area contributed by atoms with Gasteiger partial charge in [0.1, 0.15) is 5.82 Å². The molecule has 0 saturated carbocycles. The van der Waals surface area contributed by atoms with E-state index in [0.29, 0.717) is 28.4 Å². The van der Waals surface area contributed by atoms with Crippen molar-refractivity contribution in [1.82, 2.24) is 14.8 Å². The van der Waals surface area contributed by atoms with Crippen LogP contribution in [0.3, 0.4) is 0 Å². The average molecular weight is 539 g/mol. The molecule has 8 heteroatoms. The summed E-state index contributed by atoms with van der Waals surface area (Å²) < 4.78 is 0. The SMILES string of the molecule is C[C@H]1CN(c2ncc(NC(=O)c3ccccc3)cc2Cl)CCN1C1CCN(Cc2ccc(Cl)cc2)CC1. The van der Waals surface area contributed by atoms with E-state index in [9.17, 15) is 4.79 Å². The number of hydrogen-bond acceptors (Lipinski definition) is 5. The van der Waals surface area contributed by atoms with Crippen molar-refractivity contribution >= 4 is 40.6 Å². The number of pyridine rings is 1. The molecule has 0 spiro atoms. The van der Waals surface area contributed by atoms with E-state index >= 15 is 0 Å². The van der Waals surface area contributed by atoms with Crippen LogP contribution in [0.5, 0.6) is 0 Å². The zero-order valence-corrected chi connectivity index (χ0v) is 22.6. The molecule has 6 nitrogen and oxygen atoms in total. The van der Waals surface area contributed by atoms with Crippen molar-refractivity contribution in [2.45, 2.75) is 38.4 Å². The zero-order valence-electron chi connectivity index (χ0n) is 21.1. The van der Waals surface area contributed by atoms with Gasteiger partial charge in [-0.3, -0.25) is 14.6 Å². The Morgan fingerprint density at radius 2 is 1.73 bits per heavy atom. The molecule has 0 bridgehead atoms. The first-order valence-corrected chi connectivity index (χ1v) is 13.7. The summed E-state index contributed by atoms with van der Waals surface area (Å²) in [5.74, 6) is 0.608. The molecule has 5 rings (SSSR count). The molecular formula is C29H33Cl2N5O. The van der Waals surface area contributed by atoms with Crippen molar-refractivity contribution in [3.8, 4) is 0 Å². The minimum absolute atomic E-state index is 0.173. The number of hydrogen-bond donors (Lipinski definition) is 1. The van der Waals surface area contributed by atoms with E-state index in [4.69, 9.17) is 23.2 Å². The fraction of sp³-hybridized carbons (Fsp3) is 0.379. The Hall–Kier alpha value is -2.64. The Labute approximate surface area is 229 Å². The number of piperazine rings is 1. The molecule has 194 valence electrons. The van der Waals surface area contributed by atoms with Crippen LogP contribution in [0.25, 0.3) is 0 Å². The number of amides is 1. The molecule has 0 unspecified atom stereocenters.